The van der Waals surface area contributed by atoms with Crippen molar-refractivity contribution in [2.75, 3.05) is 6.54 Å². The third-order valence-electron chi connectivity index (χ3n) is 2.90. The molecule has 1 aromatic heterocycles. The number of carbonyl (C=O) groups is 1. The third kappa shape index (κ3) is 1.60. The predicted molar refractivity (Wildman–Crippen MR) is 53.3 cm³/mol. The Labute approximate surface area is 83.5 Å². The highest BCUT2D eigenvalue weighted by molar-refractivity contribution is 6.02. The Kier molecular flexibility index (Phi) is 2.42. The van der Waals surface area contributed by atoms with E-state index >= 15 is 0 Å². The fourth-order valence-electron chi connectivity index (χ4n) is 1.96. The average molecular weight is 193 g/mol. The second-order valence-electron chi connectivity index (χ2n) is 4.06. The summed E-state index contributed by atoms with van der Waals surface area (Å²) in [6, 6.07) is 1.73. The number of Topliss-reactive ketones (excluding diaryl/α,β-unsaturated/α-hetero) is 1. The first-order valence-corrected chi connectivity index (χ1v) is 5.04. The number of ketones is 1. The van der Waals surface area contributed by atoms with Crippen molar-refractivity contribution < 1.29 is 9.21 Å². The summed E-state index contributed by atoms with van der Waals surface area (Å²) in [6.45, 7) is 2.90. The van der Waals surface area contributed by atoms with E-state index in [1.54, 1.807) is 12.3 Å². The minimum atomic E-state index is -0.387. The summed E-state index contributed by atoms with van der Waals surface area (Å²) in [7, 11) is 0. The van der Waals surface area contributed by atoms with Crippen LogP contribution in [0.5, 0.6) is 0 Å². The molecule has 0 saturated carbocycles. The molecule has 0 aliphatic carbocycles. The molecular weight excluding hydrogens is 178 g/mol. The van der Waals surface area contributed by atoms with Gasteiger partial charge in [0, 0.05) is 0 Å². The Morgan fingerprint density at radius 3 is 3.00 bits per heavy atom. The van der Waals surface area contributed by atoms with Gasteiger partial charge in [0.1, 0.15) is 6.26 Å². The maximum Gasteiger partial charge on any atom is 0.185 e. The molecule has 0 bridgehead atoms. The monoisotopic (exact) mass is 193 g/mol. The van der Waals surface area contributed by atoms with E-state index in [-0.39, 0.29) is 11.3 Å². The molecule has 0 radical (unpaired) electrons. The van der Waals surface area contributed by atoms with E-state index in [2.05, 4.69) is 5.32 Å². The molecule has 0 amide bonds. The van der Waals surface area contributed by atoms with Crippen molar-refractivity contribution in [1.82, 2.24) is 5.32 Å². The van der Waals surface area contributed by atoms with Gasteiger partial charge in [-0.15, -0.1) is 0 Å². The first kappa shape index (κ1) is 9.46. The number of nitrogens with one attached hydrogen (secondary N) is 1. The number of piperidine rings is 1. The molecular formula is C11H15NO2. The van der Waals surface area contributed by atoms with Gasteiger partial charge in [-0.2, -0.15) is 0 Å². The van der Waals surface area contributed by atoms with E-state index in [0.29, 0.717) is 5.56 Å². The number of hydrogen-bond donors (Lipinski definition) is 1. The summed E-state index contributed by atoms with van der Waals surface area (Å²) in [6.07, 6.45) is 6.25. The number of furan rings is 1. The smallest absolute Gasteiger partial charge is 0.185 e. The van der Waals surface area contributed by atoms with Crippen molar-refractivity contribution in [1.29, 1.82) is 0 Å². The maximum atomic E-state index is 12.1. The van der Waals surface area contributed by atoms with Gasteiger partial charge in [-0.3, -0.25) is 4.79 Å². The second-order valence-corrected chi connectivity index (χ2v) is 4.06. The van der Waals surface area contributed by atoms with Crippen molar-refractivity contribution >= 4 is 5.78 Å². The Balaban J connectivity index is 2.17. The summed E-state index contributed by atoms with van der Waals surface area (Å²) >= 11 is 0. The van der Waals surface area contributed by atoms with E-state index in [0.717, 1.165) is 25.8 Å². The zero-order chi connectivity index (χ0) is 10.0. The molecule has 1 N–H and O–H groups in total. The standard InChI is InChI=1S/C11H15NO2/c1-11(5-2-3-6-12-11)10(13)9-4-7-14-8-9/h4,7-8,12H,2-3,5-6H2,1H3. The average Bonchev–Trinajstić information content (AvgIpc) is 2.70. The first-order valence-electron chi connectivity index (χ1n) is 5.04. The van der Waals surface area contributed by atoms with Crippen LogP contribution in [0, 0.1) is 0 Å². The van der Waals surface area contributed by atoms with Gasteiger partial charge in [-0.05, 0) is 38.8 Å². The van der Waals surface area contributed by atoms with Crippen molar-refractivity contribution in [3.8, 4) is 0 Å². The van der Waals surface area contributed by atoms with Gasteiger partial charge in [0.2, 0.25) is 0 Å². The molecule has 1 aliphatic heterocycles. The number of rotatable bonds is 2. The molecule has 1 unspecified atom stereocenters. The van der Waals surface area contributed by atoms with Gasteiger partial charge in [-0.1, -0.05) is 0 Å². The van der Waals surface area contributed by atoms with E-state index in [1.807, 2.05) is 6.92 Å². The summed E-state index contributed by atoms with van der Waals surface area (Å²) in [5, 5.41) is 3.29. The van der Waals surface area contributed by atoms with Gasteiger partial charge in [0.05, 0.1) is 17.4 Å². The number of hydrogen-bond acceptors (Lipinski definition) is 3. The van der Waals surface area contributed by atoms with Crippen LogP contribution < -0.4 is 5.32 Å². The summed E-state index contributed by atoms with van der Waals surface area (Å²) in [5.41, 5.74) is 0.282. The van der Waals surface area contributed by atoms with Crippen molar-refractivity contribution in [2.24, 2.45) is 0 Å². The predicted octanol–water partition coefficient (Wildman–Crippen LogP) is 1.99. The lowest BCUT2D eigenvalue weighted by atomic mass is 9.84. The Hall–Kier alpha value is -1.09. The first-order chi connectivity index (χ1) is 6.72. The molecule has 76 valence electrons. The Morgan fingerprint density at radius 2 is 2.43 bits per heavy atom. The van der Waals surface area contributed by atoms with Crippen molar-refractivity contribution in [3.63, 3.8) is 0 Å². The van der Waals surface area contributed by atoms with Crippen LogP contribution in [0.3, 0.4) is 0 Å². The van der Waals surface area contributed by atoms with Crippen LogP contribution in [-0.4, -0.2) is 17.9 Å². The number of carbonyl (C=O) groups excluding carboxylic acids is 1. The van der Waals surface area contributed by atoms with Crippen LogP contribution in [0.2, 0.25) is 0 Å². The molecule has 1 aromatic rings. The van der Waals surface area contributed by atoms with Crippen molar-refractivity contribution in [3.05, 3.63) is 24.2 Å². The largest absolute Gasteiger partial charge is 0.472 e. The minimum absolute atomic E-state index is 0.144. The van der Waals surface area contributed by atoms with E-state index in [1.165, 1.54) is 6.26 Å². The molecule has 1 aliphatic rings. The van der Waals surface area contributed by atoms with Gasteiger partial charge in [0.25, 0.3) is 0 Å². The van der Waals surface area contributed by atoms with Crippen LogP contribution in [0.4, 0.5) is 0 Å². The zero-order valence-corrected chi connectivity index (χ0v) is 8.38. The maximum absolute atomic E-state index is 12.1. The highest BCUT2D eigenvalue weighted by Gasteiger charge is 2.35. The van der Waals surface area contributed by atoms with Gasteiger partial charge >= 0.3 is 0 Å². The molecule has 1 saturated heterocycles. The quantitative estimate of drug-likeness (QED) is 0.730. The van der Waals surface area contributed by atoms with Gasteiger partial charge in [-0.25, -0.2) is 0 Å². The molecule has 2 heterocycles. The van der Waals surface area contributed by atoms with Crippen LogP contribution in [0.1, 0.15) is 36.5 Å². The fraction of sp³-hybridized carbons (Fsp3) is 0.545. The lowest BCUT2D eigenvalue weighted by molar-refractivity contribution is 0.0834. The summed E-state index contributed by atoms with van der Waals surface area (Å²) in [4.78, 5) is 12.1. The molecule has 3 nitrogen and oxygen atoms in total. The molecule has 1 atom stereocenters. The lowest BCUT2D eigenvalue weighted by Gasteiger charge is -2.33. The molecule has 1 fully saturated rings. The van der Waals surface area contributed by atoms with Gasteiger partial charge < -0.3 is 9.73 Å². The minimum Gasteiger partial charge on any atom is -0.472 e. The summed E-state index contributed by atoms with van der Waals surface area (Å²) in [5.74, 6) is 0.144. The van der Waals surface area contributed by atoms with E-state index < -0.39 is 0 Å². The molecule has 0 spiro atoms. The highest BCUT2D eigenvalue weighted by Crippen LogP contribution is 2.23. The normalized spacial score (nSPS) is 27.5. The molecule has 3 heteroatoms. The summed E-state index contributed by atoms with van der Waals surface area (Å²) < 4.78 is 4.92. The Bertz CT molecular complexity index is 310. The Morgan fingerprint density at radius 1 is 1.57 bits per heavy atom. The fourth-order valence-corrected chi connectivity index (χ4v) is 1.96. The lowest BCUT2D eigenvalue weighted by Crippen LogP contribution is -2.52. The topological polar surface area (TPSA) is 42.2 Å². The van der Waals surface area contributed by atoms with Crippen LogP contribution >= 0.6 is 0 Å². The van der Waals surface area contributed by atoms with Gasteiger partial charge in [0.15, 0.2) is 5.78 Å². The van der Waals surface area contributed by atoms with E-state index in [4.69, 9.17) is 4.42 Å². The second kappa shape index (κ2) is 3.58. The highest BCUT2D eigenvalue weighted by atomic mass is 16.3. The van der Waals surface area contributed by atoms with Crippen LogP contribution in [-0.2, 0) is 0 Å². The molecule has 2 rings (SSSR count). The molecule has 0 aromatic carbocycles. The molecule has 14 heavy (non-hydrogen) atoms. The van der Waals surface area contributed by atoms with E-state index in [9.17, 15) is 4.79 Å². The SMILES string of the molecule is CC1(C(=O)c2ccoc2)CCCCN1. The zero-order valence-electron chi connectivity index (χ0n) is 8.38. The van der Waals surface area contributed by atoms with Crippen molar-refractivity contribution in [2.45, 2.75) is 31.7 Å². The van der Waals surface area contributed by atoms with Crippen LogP contribution in [0.15, 0.2) is 23.0 Å². The van der Waals surface area contributed by atoms with Crippen LogP contribution in [0.25, 0.3) is 0 Å². The third-order valence-corrected chi connectivity index (χ3v) is 2.90.